The van der Waals surface area contributed by atoms with Crippen LogP contribution in [-0.2, 0) is 4.79 Å². The molecule has 0 radical (unpaired) electrons. The van der Waals surface area contributed by atoms with Crippen molar-refractivity contribution in [3.05, 3.63) is 76.8 Å². The third-order valence-electron chi connectivity index (χ3n) is 8.20. The number of carbonyl (C=O) groups excluding carboxylic acids is 2. The van der Waals surface area contributed by atoms with Crippen LogP contribution in [0.3, 0.4) is 0 Å². The molecule has 1 saturated carbocycles. The molecule has 2 amide bonds. The van der Waals surface area contributed by atoms with E-state index in [1.54, 1.807) is 13.8 Å². The summed E-state index contributed by atoms with van der Waals surface area (Å²) in [4.78, 5) is 31.9. The summed E-state index contributed by atoms with van der Waals surface area (Å²) in [6.45, 7) is 7.28. The predicted octanol–water partition coefficient (Wildman–Crippen LogP) is 4.98. The minimum Gasteiger partial charge on any atom is -0.492 e. The van der Waals surface area contributed by atoms with E-state index in [9.17, 15) is 14.0 Å². The van der Waals surface area contributed by atoms with Crippen LogP contribution in [0.1, 0.15) is 66.1 Å². The lowest BCUT2D eigenvalue weighted by Gasteiger charge is -2.38. The quantitative estimate of drug-likeness (QED) is 0.278. The van der Waals surface area contributed by atoms with Gasteiger partial charge in [0.2, 0.25) is 5.91 Å². The van der Waals surface area contributed by atoms with Crippen LogP contribution in [0.15, 0.2) is 36.7 Å². The SMILES string of the molecule is Cc1n[nH]c(C)c1-c1ncc(NC(=O)[C@@H](NC(=O)c2ccnn2C(C)C)C2c3c(F)cc(F)cc3OCC23CC3)cc1F. The van der Waals surface area contributed by atoms with Gasteiger partial charge in [-0.2, -0.15) is 10.2 Å². The first kappa shape index (κ1) is 28.4. The number of halogens is 3. The van der Waals surface area contributed by atoms with Crippen molar-refractivity contribution in [3.8, 4) is 17.0 Å². The van der Waals surface area contributed by atoms with Gasteiger partial charge in [0, 0.05) is 58.6 Å². The number of nitrogens with one attached hydrogen (secondary N) is 3. The zero-order chi connectivity index (χ0) is 30.6. The van der Waals surface area contributed by atoms with E-state index in [-0.39, 0.29) is 41.0 Å². The van der Waals surface area contributed by atoms with Crippen molar-refractivity contribution in [3.63, 3.8) is 0 Å². The Labute approximate surface area is 245 Å². The molecule has 10 nitrogen and oxygen atoms in total. The number of aryl methyl sites for hydroxylation is 2. The Morgan fingerprint density at radius 3 is 2.56 bits per heavy atom. The van der Waals surface area contributed by atoms with Gasteiger partial charge in [0.25, 0.3) is 5.91 Å². The van der Waals surface area contributed by atoms with Crippen molar-refractivity contribution in [1.29, 1.82) is 0 Å². The van der Waals surface area contributed by atoms with Gasteiger partial charge in [-0.05, 0) is 46.6 Å². The van der Waals surface area contributed by atoms with Gasteiger partial charge in [-0.1, -0.05) is 0 Å². The summed E-state index contributed by atoms with van der Waals surface area (Å²) < 4.78 is 52.1. The van der Waals surface area contributed by atoms with Gasteiger partial charge in [-0.25, -0.2) is 13.2 Å². The van der Waals surface area contributed by atoms with E-state index in [0.717, 1.165) is 18.2 Å². The fourth-order valence-electron chi connectivity index (χ4n) is 5.97. The second-order valence-electron chi connectivity index (χ2n) is 11.5. The molecular weight excluding hydrogens is 563 g/mol. The standard InChI is InChI=1S/C30H30F3N7O3/c1-14(2)40-21(5-8-35-40)28(41)37-27(25-24-19(32)9-17(31)10-22(24)43-13-30(25)6-7-30)29(42)36-18-11-20(33)26(34-12-18)23-15(3)38-39-16(23)4/h5,8-12,14,25,27H,6-7,13H2,1-4H3,(H,36,42)(H,37,41)(H,38,39)/t25?,27-/m0/s1. The van der Waals surface area contributed by atoms with Gasteiger partial charge < -0.3 is 15.4 Å². The number of benzene rings is 1. The Morgan fingerprint density at radius 1 is 1.14 bits per heavy atom. The van der Waals surface area contributed by atoms with Gasteiger partial charge in [-0.3, -0.25) is 24.4 Å². The summed E-state index contributed by atoms with van der Waals surface area (Å²) in [5.41, 5.74) is 1.36. The lowest BCUT2D eigenvalue weighted by atomic mass is 9.75. The number of pyridine rings is 1. The third kappa shape index (κ3) is 5.02. The molecule has 6 rings (SSSR count). The van der Waals surface area contributed by atoms with Gasteiger partial charge in [-0.15, -0.1) is 0 Å². The van der Waals surface area contributed by atoms with Crippen molar-refractivity contribution in [1.82, 2.24) is 30.3 Å². The van der Waals surface area contributed by atoms with E-state index in [1.165, 1.54) is 23.1 Å². The number of fused-ring (bicyclic) bond motifs is 1. The largest absolute Gasteiger partial charge is 0.492 e. The van der Waals surface area contributed by atoms with E-state index in [4.69, 9.17) is 4.74 Å². The van der Waals surface area contributed by atoms with E-state index >= 15 is 8.78 Å². The number of nitrogens with zero attached hydrogens (tertiary/aromatic N) is 4. The number of ether oxygens (including phenoxy) is 1. The number of aromatic amines is 1. The fourth-order valence-corrected chi connectivity index (χ4v) is 5.97. The number of carbonyl (C=O) groups is 2. The normalized spacial score (nSPS) is 17.3. The monoisotopic (exact) mass is 593 g/mol. The molecule has 1 fully saturated rings. The van der Waals surface area contributed by atoms with Crippen LogP contribution in [-0.4, -0.2) is 49.4 Å². The Balaban J connectivity index is 1.38. The minimum absolute atomic E-state index is 0.00790. The van der Waals surface area contributed by atoms with E-state index in [1.807, 2.05) is 13.8 Å². The van der Waals surface area contributed by atoms with E-state index < -0.39 is 46.6 Å². The van der Waals surface area contributed by atoms with Crippen molar-refractivity contribution < 1.29 is 27.5 Å². The summed E-state index contributed by atoms with van der Waals surface area (Å²) in [6.07, 6.45) is 3.98. The molecule has 0 saturated heterocycles. The molecule has 1 aliphatic heterocycles. The van der Waals surface area contributed by atoms with E-state index in [2.05, 4.69) is 30.9 Å². The van der Waals surface area contributed by atoms with Crippen molar-refractivity contribution in [2.75, 3.05) is 11.9 Å². The fraction of sp³-hybridized carbons (Fsp3) is 0.367. The lowest BCUT2D eigenvalue weighted by Crippen LogP contribution is -2.52. The molecule has 4 heterocycles. The third-order valence-corrected chi connectivity index (χ3v) is 8.20. The average Bonchev–Trinajstić information content (AvgIpc) is 3.38. The Morgan fingerprint density at radius 2 is 1.91 bits per heavy atom. The van der Waals surface area contributed by atoms with Gasteiger partial charge in [0.05, 0.1) is 24.2 Å². The van der Waals surface area contributed by atoms with Gasteiger partial charge in [0.15, 0.2) is 5.82 Å². The second kappa shape index (κ2) is 10.5. The zero-order valence-corrected chi connectivity index (χ0v) is 24.0. The molecule has 1 spiro atoms. The van der Waals surface area contributed by atoms with Crippen LogP contribution >= 0.6 is 0 Å². The summed E-state index contributed by atoms with van der Waals surface area (Å²) >= 11 is 0. The minimum atomic E-state index is -1.34. The number of hydrogen-bond donors (Lipinski definition) is 3. The summed E-state index contributed by atoms with van der Waals surface area (Å²) in [5, 5.41) is 16.5. The molecule has 1 unspecified atom stereocenters. The average molecular weight is 594 g/mol. The molecule has 1 aliphatic carbocycles. The Bertz CT molecular complexity index is 1730. The topological polar surface area (TPSA) is 127 Å². The lowest BCUT2D eigenvalue weighted by molar-refractivity contribution is -0.119. The number of hydrogen-bond acceptors (Lipinski definition) is 6. The first-order chi connectivity index (χ1) is 20.5. The van der Waals surface area contributed by atoms with Crippen LogP contribution < -0.4 is 15.4 Å². The van der Waals surface area contributed by atoms with Crippen molar-refractivity contribution in [2.24, 2.45) is 5.41 Å². The zero-order valence-electron chi connectivity index (χ0n) is 24.0. The van der Waals surface area contributed by atoms with E-state index in [0.29, 0.717) is 29.8 Å². The molecular formula is C30H30F3N7O3. The highest BCUT2D eigenvalue weighted by atomic mass is 19.1. The van der Waals surface area contributed by atoms with Crippen LogP contribution in [0.5, 0.6) is 5.75 Å². The molecule has 2 aliphatic rings. The predicted molar refractivity (Wildman–Crippen MR) is 150 cm³/mol. The highest BCUT2D eigenvalue weighted by molar-refractivity contribution is 6.01. The first-order valence-corrected chi connectivity index (χ1v) is 13.9. The molecule has 13 heteroatoms. The van der Waals surface area contributed by atoms with Gasteiger partial charge in [0.1, 0.15) is 34.8 Å². The number of H-pyrrole nitrogens is 1. The molecule has 3 N–H and O–H groups in total. The molecule has 224 valence electrons. The molecule has 0 bridgehead atoms. The maximum absolute atomic E-state index is 15.4. The maximum Gasteiger partial charge on any atom is 0.270 e. The molecule has 43 heavy (non-hydrogen) atoms. The van der Waals surface area contributed by atoms with Crippen LogP contribution in [0.2, 0.25) is 0 Å². The summed E-state index contributed by atoms with van der Waals surface area (Å²) in [6, 6.07) is 2.96. The van der Waals surface area contributed by atoms with Crippen LogP contribution in [0.4, 0.5) is 18.9 Å². The second-order valence-corrected chi connectivity index (χ2v) is 11.5. The molecule has 4 aromatic rings. The Kier molecular flexibility index (Phi) is 6.98. The van der Waals surface area contributed by atoms with Crippen LogP contribution in [0, 0.1) is 36.7 Å². The molecule has 2 atom stereocenters. The van der Waals surface area contributed by atoms with Crippen molar-refractivity contribution in [2.45, 2.75) is 58.5 Å². The van der Waals surface area contributed by atoms with Crippen LogP contribution in [0.25, 0.3) is 11.3 Å². The smallest absolute Gasteiger partial charge is 0.270 e. The Hall–Kier alpha value is -4.68. The molecule has 1 aromatic carbocycles. The number of rotatable bonds is 7. The number of amides is 2. The number of aromatic nitrogens is 5. The van der Waals surface area contributed by atoms with Crippen molar-refractivity contribution >= 4 is 17.5 Å². The first-order valence-electron chi connectivity index (χ1n) is 13.9. The summed E-state index contributed by atoms with van der Waals surface area (Å²) in [5.74, 6) is -4.65. The van der Waals surface area contributed by atoms with Gasteiger partial charge >= 0.3 is 0 Å². The number of anilines is 1. The highest BCUT2D eigenvalue weighted by Crippen LogP contribution is 2.61. The highest BCUT2D eigenvalue weighted by Gasteiger charge is 2.59. The summed E-state index contributed by atoms with van der Waals surface area (Å²) in [7, 11) is 0. The maximum atomic E-state index is 15.4. The molecule has 3 aromatic heterocycles.